The van der Waals surface area contributed by atoms with Gasteiger partial charge in [0.15, 0.2) is 11.5 Å². The Labute approximate surface area is 97.8 Å². The molecule has 3 nitrogen and oxygen atoms in total. The van der Waals surface area contributed by atoms with E-state index in [1.54, 1.807) is 30.3 Å². The van der Waals surface area contributed by atoms with Crippen LogP contribution >= 0.6 is 11.6 Å². The van der Waals surface area contributed by atoms with E-state index < -0.39 is 0 Å². The number of Topliss-reactive ketones (excluding diaryl/α,β-unsaturated/α-hetero) is 1. The van der Waals surface area contributed by atoms with Crippen LogP contribution in [0.2, 0.25) is 5.02 Å². The minimum atomic E-state index is -0.113. The zero-order valence-corrected chi connectivity index (χ0v) is 9.41. The molecule has 2 rings (SSSR count). The lowest BCUT2D eigenvalue weighted by molar-refractivity contribution is 0.0988. The minimum absolute atomic E-state index is 0.113. The summed E-state index contributed by atoms with van der Waals surface area (Å²) in [5.41, 5.74) is 6.91. The van der Waals surface area contributed by atoms with Crippen molar-refractivity contribution >= 4 is 23.1 Å². The van der Waals surface area contributed by atoms with Gasteiger partial charge in [-0.3, -0.25) is 4.79 Å². The topological polar surface area (TPSA) is 56.2 Å². The Kier molecular flexibility index (Phi) is 2.71. The highest BCUT2D eigenvalue weighted by Gasteiger charge is 2.10. The maximum atomic E-state index is 11.1. The highest BCUT2D eigenvalue weighted by molar-refractivity contribution is 6.33. The van der Waals surface area contributed by atoms with Crippen molar-refractivity contribution in [3.8, 4) is 11.3 Å². The summed E-state index contributed by atoms with van der Waals surface area (Å²) in [4.78, 5) is 11.1. The van der Waals surface area contributed by atoms with E-state index in [0.717, 1.165) is 5.56 Å². The third kappa shape index (κ3) is 1.95. The number of benzene rings is 1. The minimum Gasteiger partial charge on any atom is -0.453 e. The van der Waals surface area contributed by atoms with E-state index >= 15 is 0 Å². The number of carbonyl (C=O) groups is 1. The van der Waals surface area contributed by atoms with Crippen LogP contribution in [-0.2, 0) is 0 Å². The molecule has 0 spiro atoms. The van der Waals surface area contributed by atoms with Gasteiger partial charge in [-0.25, -0.2) is 0 Å². The molecule has 0 amide bonds. The van der Waals surface area contributed by atoms with Crippen molar-refractivity contribution in [3.05, 3.63) is 41.1 Å². The highest BCUT2D eigenvalue weighted by Crippen LogP contribution is 2.30. The quantitative estimate of drug-likeness (QED) is 0.641. The lowest BCUT2D eigenvalue weighted by Crippen LogP contribution is -1.87. The number of halogens is 1. The van der Waals surface area contributed by atoms with Gasteiger partial charge < -0.3 is 10.2 Å². The molecule has 0 saturated heterocycles. The first kappa shape index (κ1) is 10.8. The molecule has 2 N–H and O–H groups in total. The Morgan fingerprint density at radius 3 is 2.62 bits per heavy atom. The van der Waals surface area contributed by atoms with E-state index in [9.17, 15) is 4.79 Å². The molecule has 1 heterocycles. The zero-order valence-electron chi connectivity index (χ0n) is 8.66. The third-order valence-electron chi connectivity index (χ3n) is 2.21. The lowest BCUT2D eigenvalue weighted by Gasteiger charge is -2.01. The van der Waals surface area contributed by atoms with Crippen LogP contribution < -0.4 is 5.73 Å². The second kappa shape index (κ2) is 4.02. The van der Waals surface area contributed by atoms with E-state index in [1.807, 2.05) is 0 Å². The van der Waals surface area contributed by atoms with Crippen molar-refractivity contribution in [2.24, 2.45) is 0 Å². The first-order valence-corrected chi connectivity index (χ1v) is 5.12. The van der Waals surface area contributed by atoms with Gasteiger partial charge in [0.05, 0.1) is 5.02 Å². The largest absolute Gasteiger partial charge is 0.453 e. The SMILES string of the molecule is CC(=O)c1ccc(-c2ccc(N)cc2Cl)o1. The van der Waals surface area contributed by atoms with E-state index in [-0.39, 0.29) is 5.78 Å². The van der Waals surface area contributed by atoms with Crippen molar-refractivity contribution in [2.75, 3.05) is 5.73 Å². The van der Waals surface area contributed by atoms with E-state index in [4.69, 9.17) is 21.8 Å². The van der Waals surface area contributed by atoms with E-state index in [1.165, 1.54) is 6.92 Å². The fraction of sp³-hybridized carbons (Fsp3) is 0.0833. The summed E-state index contributed by atoms with van der Waals surface area (Å²) in [6, 6.07) is 8.49. The monoisotopic (exact) mass is 235 g/mol. The Hall–Kier alpha value is -1.74. The fourth-order valence-electron chi connectivity index (χ4n) is 1.40. The zero-order chi connectivity index (χ0) is 11.7. The predicted molar refractivity (Wildman–Crippen MR) is 63.6 cm³/mol. The van der Waals surface area contributed by atoms with Crippen LogP contribution in [0.25, 0.3) is 11.3 Å². The number of hydrogen-bond donors (Lipinski definition) is 1. The second-order valence-corrected chi connectivity index (χ2v) is 3.87. The average Bonchev–Trinajstić information content (AvgIpc) is 2.66. The molecule has 0 aliphatic carbocycles. The van der Waals surface area contributed by atoms with Gasteiger partial charge in [0.2, 0.25) is 0 Å². The Morgan fingerprint density at radius 1 is 1.31 bits per heavy atom. The molecule has 0 atom stereocenters. The first-order chi connectivity index (χ1) is 7.58. The molecule has 1 aromatic carbocycles. The molecule has 82 valence electrons. The number of furan rings is 1. The van der Waals surface area contributed by atoms with Gasteiger partial charge in [0.25, 0.3) is 0 Å². The second-order valence-electron chi connectivity index (χ2n) is 3.46. The molecule has 0 bridgehead atoms. The van der Waals surface area contributed by atoms with Gasteiger partial charge in [-0.2, -0.15) is 0 Å². The van der Waals surface area contributed by atoms with Crippen LogP contribution in [0.4, 0.5) is 5.69 Å². The number of anilines is 1. The fourth-order valence-corrected chi connectivity index (χ4v) is 1.69. The van der Waals surface area contributed by atoms with Crippen molar-refractivity contribution < 1.29 is 9.21 Å². The van der Waals surface area contributed by atoms with Crippen LogP contribution in [0.3, 0.4) is 0 Å². The number of ketones is 1. The van der Waals surface area contributed by atoms with Crippen LogP contribution in [0, 0.1) is 0 Å². The van der Waals surface area contributed by atoms with Gasteiger partial charge in [-0.05, 0) is 30.3 Å². The lowest BCUT2D eigenvalue weighted by atomic mass is 10.1. The molecule has 0 aliphatic rings. The Morgan fingerprint density at radius 2 is 2.06 bits per heavy atom. The third-order valence-corrected chi connectivity index (χ3v) is 2.52. The Balaban J connectivity index is 2.46. The number of carbonyl (C=O) groups excluding carboxylic acids is 1. The first-order valence-electron chi connectivity index (χ1n) is 4.74. The van der Waals surface area contributed by atoms with Gasteiger partial charge >= 0.3 is 0 Å². The van der Waals surface area contributed by atoms with E-state index in [0.29, 0.717) is 22.2 Å². The van der Waals surface area contributed by atoms with Crippen molar-refractivity contribution in [2.45, 2.75) is 6.92 Å². The molecule has 16 heavy (non-hydrogen) atoms. The molecule has 4 heteroatoms. The molecule has 2 aromatic rings. The van der Waals surface area contributed by atoms with Gasteiger partial charge in [-0.1, -0.05) is 11.6 Å². The van der Waals surface area contributed by atoms with E-state index in [2.05, 4.69) is 0 Å². The number of hydrogen-bond acceptors (Lipinski definition) is 3. The van der Waals surface area contributed by atoms with Crippen molar-refractivity contribution in [3.63, 3.8) is 0 Å². The molecule has 0 aliphatic heterocycles. The summed E-state index contributed by atoms with van der Waals surface area (Å²) in [7, 11) is 0. The summed E-state index contributed by atoms with van der Waals surface area (Å²) in [6.45, 7) is 1.45. The van der Waals surface area contributed by atoms with Crippen LogP contribution in [0.15, 0.2) is 34.7 Å². The molecule has 1 aromatic heterocycles. The van der Waals surface area contributed by atoms with Gasteiger partial charge in [-0.15, -0.1) is 0 Å². The molecule has 0 radical (unpaired) electrons. The molecule has 0 fully saturated rings. The van der Waals surface area contributed by atoms with Gasteiger partial charge in [0, 0.05) is 18.2 Å². The summed E-state index contributed by atoms with van der Waals surface area (Å²) < 4.78 is 5.38. The maximum absolute atomic E-state index is 11.1. The normalized spacial score (nSPS) is 10.4. The Bertz CT molecular complexity index is 546. The van der Waals surface area contributed by atoms with Crippen LogP contribution in [-0.4, -0.2) is 5.78 Å². The smallest absolute Gasteiger partial charge is 0.194 e. The highest BCUT2D eigenvalue weighted by atomic mass is 35.5. The van der Waals surface area contributed by atoms with Crippen molar-refractivity contribution in [1.29, 1.82) is 0 Å². The van der Waals surface area contributed by atoms with Crippen LogP contribution in [0.1, 0.15) is 17.5 Å². The summed E-state index contributed by atoms with van der Waals surface area (Å²) >= 11 is 6.03. The predicted octanol–water partition coefficient (Wildman–Crippen LogP) is 3.38. The number of nitrogens with two attached hydrogens (primary N) is 1. The number of rotatable bonds is 2. The molecular weight excluding hydrogens is 226 g/mol. The summed E-state index contributed by atoms with van der Waals surface area (Å²) in [5.74, 6) is 0.774. The average molecular weight is 236 g/mol. The molecule has 0 saturated carbocycles. The number of nitrogen functional groups attached to an aromatic ring is 1. The molecule has 0 unspecified atom stereocenters. The van der Waals surface area contributed by atoms with Crippen LogP contribution in [0.5, 0.6) is 0 Å². The standard InChI is InChI=1S/C12H10ClNO2/c1-7(15)11-4-5-12(16-11)9-3-2-8(14)6-10(9)13/h2-6H,14H2,1H3. The summed E-state index contributed by atoms with van der Waals surface area (Å²) in [5, 5.41) is 0.504. The maximum Gasteiger partial charge on any atom is 0.194 e. The van der Waals surface area contributed by atoms with Gasteiger partial charge in [0.1, 0.15) is 5.76 Å². The van der Waals surface area contributed by atoms with Crippen molar-refractivity contribution in [1.82, 2.24) is 0 Å². The molecular formula is C12H10ClNO2. The summed E-state index contributed by atoms with van der Waals surface area (Å²) in [6.07, 6.45) is 0.